The lowest BCUT2D eigenvalue weighted by molar-refractivity contribution is 0.0992. The van der Waals surface area contributed by atoms with Gasteiger partial charge in [0.15, 0.2) is 5.78 Å². The van der Waals surface area contributed by atoms with Gasteiger partial charge in [0.2, 0.25) is 0 Å². The van der Waals surface area contributed by atoms with Gasteiger partial charge in [-0.2, -0.15) is 0 Å². The van der Waals surface area contributed by atoms with Crippen LogP contribution in [0.5, 0.6) is 0 Å². The average molecular weight is 275 g/mol. The third kappa shape index (κ3) is 3.17. The summed E-state index contributed by atoms with van der Waals surface area (Å²) in [5.74, 6) is 0.0375. The Bertz CT molecular complexity index is 725. The second kappa shape index (κ2) is 6.05. The molecule has 3 aromatic rings. The Hall–Kier alpha value is -2.88. The van der Waals surface area contributed by atoms with Crippen LogP contribution in [0, 0.1) is 0 Å². The first-order valence-electron chi connectivity index (χ1n) is 6.62. The number of Topliss-reactive ketones (excluding diaryl/α,β-unsaturated/α-hetero) is 1. The molecule has 0 saturated carbocycles. The third-order valence-electron chi connectivity index (χ3n) is 3.13. The molecule has 3 aromatic heterocycles. The maximum absolute atomic E-state index is 12.1. The van der Waals surface area contributed by atoms with Crippen LogP contribution in [0.15, 0.2) is 67.3 Å². The van der Waals surface area contributed by atoms with Gasteiger partial charge in [0.1, 0.15) is 0 Å². The molecule has 0 bridgehead atoms. The zero-order valence-corrected chi connectivity index (χ0v) is 11.3. The molecule has 0 fully saturated rings. The van der Waals surface area contributed by atoms with Gasteiger partial charge in [0.05, 0.1) is 12.1 Å². The van der Waals surface area contributed by atoms with Crippen molar-refractivity contribution in [1.29, 1.82) is 0 Å². The molecule has 4 heteroatoms. The first-order chi connectivity index (χ1) is 10.3. The first kappa shape index (κ1) is 13.1. The van der Waals surface area contributed by atoms with E-state index in [9.17, 15) is 4.79 Å². The van der Waals surface area contributed by atoms with Gasteiger partial charge in [-0.25, -0.2) is 0 Å². The molecule has 0 radical (unpaired) electrons. The van der Waals surface area contributed by atoms with E-state index in [-0.39, 0.29) is 12.2 Å². The molecule has 0 aliphatic heterocycles. The molecule has 0 aromatic carbocycles. The van der Waals surface area contributed by atoms with E-state index in [1.54, 1.807) is 36.9 Å². The van der Waals surface area contributed by atoms with E-state index >= 15 is 0 Å². The number of ketones is 1. The summed E-state index contributed by atoms with van der Waals surface area (Å²) in [4.78, 5) is 24.6. The summed E-state index contributed by atoms with van der Waals surface area (Å²) >= 11 is 0. The molecule has 0 amide bonds. The van der Waals surface area contributed by atoms with E-state index in [0.717, 1.165) is 17.0 Å². The Morgan fingerprint density at radius 2 is 1.76 bits per heavy atom. The monoisotopic (exact) mass is 275 g/mol. The van der Waals surface area contributed by atoms with Gasteiger partial charge in [0, 0.05) is 41.6 Å². The van der Waals surface area contributed by atoms with Crippen molar-refractivity contribution in [2.24, 2.45) is 0 Å². The molecule has 0 atom stereocenters. The molecule has 21 heavy (non-hydrogen) atoms. The van der Waals surface area contributed by atoms with Crippen molar-refractivity contribution < 1.29 is 4.79 Å². The quantitative estimate of drug-likeness (QED) is 0.687. The lowest BCUT2D eigenvalue weighted by Crippen LogP contribution is -2.05. The number of carbonyl (C=O) groups excluding carboxylic acids is 1. The fourth-order valence-electron chi connectivity index (χ4n) is 2.02. The third-order valence-corrected chi connectivity index (χ3v) is 3.13. The molecular weight excluding hydrogens is 262 g/mol. The van der Waals surface area contributed by atoms with E-state index < -0.39 is 0 Å². The highest BCUT2D eigenvalue weighted by atomic mass is 16.1. The fraction of sp³-hybridized carbons (Fsp3) is 0.0588. The van der Waals surface area contributed by atoms with Crippen molar-refractivity contribution in [3.05, 3.63) is 78.5 Å². The lowest BCUT2D eigenvalue weighted by Gasteiger charge is -2.03. The number of pyridine rings is 3. The van der Waals surface area contributed by atoms with Gasteiger partial charge in [0.25, 0.3) is 0 Å². The molecule has 3 rings (SSSR count). The van der Waals surface area contributed by atoms with Crippen LogP contribution < -0.4 is 0 Å². The Balaban J connectivity index is 1.75. The second-order valence-electron chi connectivity index (χ2n) is 4.59. The van der Waals surface area contributed by atoms with Gasteiger partial charge < -0.3 is 0 Å². The highest BCUT2D eigenvalue weighted by Gasteiger charge is 2.08. The average Bonchev–Trinajstić information content (AvgIpc) is 2.57. The predicted molar refractivity (Wildman–Crippen MR) is 79.7 cm³/mol. The van der Waals surface area contributed by atoms with Crippen LogP contribution in [-0.2, 0) is 6.42 Å². The number of hydrogen-bond acceptors (Lipinski definition) is 4. The molecule has 0 N–H and O–H groups in total. The Labute approximate surface area is 122 Å². The van der Waals surface area contributed by atoms with Crippen molar-refractivity contribution in [3.8, 4) is 11.3 Å². The van der Waals surface area contributed by atoms with Crippen LogP contribution >= 0.6 is 0 Å². The predicted octanol–water partition coefficient (Wildman–Crippen LogP) is 2.96. The van der Waals surface area contributed by atoms with Crippen LogP contribution in [-0.4, -0.2) is 20.7 Å². The SMILES string of the molecule is O=C(Cc1ccc(-c2ccccn2)cn1)c1ccncc1. The van der Waals surface area contributed by atoms with Crippen LogP contribution in [0.3, 0.4) is 0 Å². The number of carbonyl (C=O) groups is 1. The summed E-state index contributed by atoms with van der Waals surface area (Å²) in [7, 11) is 0. The molecule has 0 spiro atoms. The molecule has 0 unspecified atom stereocenters. The van der Waals surface area contributed by atoms with Gasteiger partial charge in [-0.1, -0.05) is 6.07 Å². The summed E-state index contributed by atoms with van der Waals surface area (Å²) < 4.78 is 0. The zero-order chi connectivity index (χ0) is 14.5. The minimum atomic E-state index is 0.0375. The minimum Gasteiger partial charge on any atom is -0.294 e. The maximum Gasteiger partial charge on any atom is 0.168 e. The molecule has 0 saturated heterocycles. The number of aromatic nitrogens is 3. The number of nitrogens with zero attached hydrogens (tertiary/aromatic N) is 3. The van der Waals surface area contributed by atoms with Gasteiger partial charge >= 0.3 is 0 Å². The van der Waals surface area contributed by atoms with E-state index in [4.69, 9.17) is 0 Å². The van der Waals surface area contributed by atoms with E-state index in [0.29, 0.717) is 5.56 Å². The van der Waals surface area contributed by atoms with Crippen LogP contribution in [0.4, 0.5) is 0 Å². The largest absolute Gasteiger partial charge is 0.294 e. The van der Waals surface area contributed by atoms with Gasteiger partial charge in [-0.3, -0.25) is 19.7 Å². The van der Waals surface area contributed by atoms with E-state index in [1.807, 2.05) is 30.3 Å². The molecular formula is C17H13N3O. The standard InChI is InChI=1S/C17H13N3O/c21-17(13-6-9-18-10-7-13)11-15-5-4-14(12-20-15)16-3-1-2-8-19-16/h1-10,12H,11H2. The highest BCUT2D eigenvalue weighted by molar-refractivity contribution is 5.97. The molecule has 102 valence electrons. The van der Waals surface area contributed by atoms with Crippen LogP contribution in [0.25, 0.3) is 11.3 Å². The Kier molecular flexibility index (Phi) is 3.78. The number of hydrogen-bond donors (Lipinski definition) is 0. The summed E-state index contributed by atoms with van der Waals surface area (Å²) in [6.07, 6.45) is 7.01. The van der Waals surface area contributed by atoms with Gasteiger partial charge in [-0.05, 0) is 36.4 Å². The van der Waals surface area contributed by atoms with Crippen molar-refractivity contribution >= 4 is 5.78 Å². The topological polar surface area (TPSA) is 55.7 Å². The number of rotatable bonds is 4. The van der Waals surface area contributed by atoms with Gasteiger partial charge in [-0.15, -0.1) is 0 Å². The summed E-state index contributed by atoms with van der Waals surface area (Å²) in [6.45, 7) is 0. The van der Waals surface area contributed by atoms with Crippen LogP contribution in [0.1, 0.15) is 16.1 Å². The molecule has 0 aliphatic rings. The van der Waals surface area contributed by atoms with Crippen molar-refractivity contribution in [2.75, 3.05) is 0 Å². The molecule has 3 heterocycles. The van der Waals surface area contributed by atoms with E-state index in [2.05, 4.69) is 15.0 Å². The lowest BCUT2D eigenvalue weighted by atomic mass is 10.1. The first-order valence-corrected chi connectivity index (χ1v) is 6.62. The fourth-order valence-corrected chi connectivity index (χ4v) is 2.02. The van der Waals surface area contributed by atoms with Crippen LogP contribution in [0.2, 0.25) is 0 Å². The van der Waals surface area contributed by atoms with E-state index in [1.165, 1.54) is 0 Å². The van der Waals surface area contributed by atoms with Crippen molar-refractivity contribution in [1.82, 2.24) is 15.0 Å². The molecule has 0 aliphatic carbocycles. The van der Waals surface area contributed by atoms with Crippen molar-refractivity contribution in [3.63, 3.8) is 0 Å². The second-order valence-corrected chi connectivity index (χ2v) is 4.59. The maximum atomic E-state index is 12.1. The Morgan fingerprint density at radius 1 is 0.905 bits per heavy atom. The summed E-state index contributed by atoms with van der Waals surface area (Å²) in [6, 6.07) is 13.0. The summed E-state index contributed by atoms with van der Waals surface area (Å²) in [5.41, 5.74) is 3.21. The normalized spacial score (nSPS) is 10.3. The van der Waals surface area contributed by atoms with Crippen molar-refractivity contribution in [2.45, 2.75) is 6.42 Å². The summed E-state index contributed by atoms with van der Waals surface area (Å²) in [5, 5.41) is 0. The zero-order valence-electron chi connectivity index (χ0n) is 11.3. The Morgan fingerprint density at radius 3 is 2.43 bits per heavy atom. The smallest absolute Gasteiger partial charge is 0.168 e. The molecule has 4 nitrogen and oxygen atoms in total. The highest BCUT2D eigenvalue weighted by Crippen LogP contribution is 2.15. The minimum absolute atomic E-state index is 0.0375.